The summed E-state index contributed by atoms with van der Waals surface area (Å²) in [5.41, 5.74) is -0.465. The van der Waals surface area contributed by atoms with Crippen LogP contribution in [-0.2, 0) is 4.74 Å². The standard InChI is InChI=1S/C12H19BrN4O2/c1-12(2,3)19-11(18)15-6-4-5-14-10-16-7-9(13)8-17-10/h7-8H,4-6H2,1-3H3,(H,15,18)(H,14,16,17). The lowest BCUT2D eigenvalue weighted by molar-refractivity contribution is 0.0528. The Labute approximate surface area is 121 Å². The van der Waals surface area contributed by atoms with Crippen molar-refractivity contribution in [3.05, 3.63) is 16.9 Å². The highest BCUT2D eigenvalue weighted by molar-refractivity contribution is 9.10. The maximum atomic E-state index is 11.3. The highest BCUT2D eigenvalue weighted by Crippen LogP contribution is 2.07. The Morgan fingerprint density at radius 2 is 1.95 bits per heavy atom. The van der Waals surface area contributed by atoms with Crippen molar-refractivity contribution in [1.29, 1.82) is 0 Å². The molecule has 0 atom stereocenters. The van der Waals surface area contributed by atoms with Crippen molar-refractivity contribution in [2.45, 2.75) is 32.8 Å². The molecule has 0 saturated carbocycles. The average Bonchev–Trinajstić information content (AvgIpc) is 2.29. The number of halogens is 1. The van der Waals surface area contributed by atoms with Crippen LogP contribution in [0.25, 0.3) is 0 Å². The third-order valence-corrected chi connectivity index (χ3v) is 2.33. The van der Waals surface area contributed by atoms with E-state index in [0.29, 0.717) is 19.0 Å². The number of nitrogens with zero attached hydrogens (tertiary/aromatic N) is 2. The van der Waals surface area contributed by atoms with Crippen LogP contribution in [0.1, 0.15) is 27.2 Å². The van der Waals surface area contributed by atoms with Gasteiger partial charge in [-0.3, -0.25) is 0 Å². The molecule has 0 saturated heterocycles. The first-order valence-electron chi connectivity index (χ1n) is 6.05. The van der Waals surface area contributed by atoms with Crippen LogP contribution in [0, 0.1) is 0 Å². The van der Waals surface area contributed by atoms with Crippen LogP contribution in [0.5, 0.6) is 0 Å². The predicted molar refractivity (Wildman–Crippen MR) is 77.1 cm³/mol. The molecular formula is C12H19BrN4O2. The second kappa shape index (κ2) is 7.28. The van der Waals surface area contributed by atoms with Crippen LogP contribution < -0.4 is 10.6 Å². The van der Waals surface area contributed by atoms with E-state index in [9.17, 15) is 4.79 Å². The first-order chi connectivity index (χ1) is 8.87. The van der Waals surface area contributed by atoms with Gasteiger partial charge >= 0.3 is 6.09 Å². The Morgan fingerprint density at radius 1 is 1.32 bits per heavy atom. The fourth-order valence-electron chi connectivity index (χ4n) is 1.20. The Morgan fingerprint density at radius 3 is 2.53 bits per heavy atom. The van der Waals surface area contributed by atoms with E-state index >= 15 is 0 Å². The normalized spacial score (nSPS) is 10.9. The number of aromatic nitrogens is 2. The largest absolute Gasteiger partial charge is 0.444 e. The molecule has 7 heteroatoms. The molecule has 2 N–H and O–H groups in total. The molecule has 0 spiro atoms. The number of carbonyl (C=O) groups excluding carboxylic acids is 1. The zero-order valence-electron chi connectivity index (χ0n) is 11.4. The summed E-state index contributed by atoms with van der Waals surface area (Å²) in [5.74, 6) is 0.570. The van der Waals surface area contributed by atoms with Crippen LogP contribution in [0.2, 0.25) is 0 Å². The van der Waals surface area contributed by atoms with Crippen LogP contribution in [0.4, 0.5) is 10.7 Å². The van der Waals surface area contributed by atoms with Crippen molar-refractivity contribution >= 4 is 28.0 Å². The van der Waals surface area contributed by atoms with E-state index in [0.717, 1.165) is 10.9 Å². The average molecular weight is 331 g/mol. The number of nitrogens with one attached hydrogen (secondary N) is 2. The van der Waals surface area contributed by atoms with Crippen molar-refractivity contribution in [1.82, 2.24) is 15.3 Å². The molecule has 1 heterocycles. The predicted octanol–water partition coefficient (Wildman–Crippen LogP) is 2.57. The summed E-state index contributed by atoms with van der Waals surface area (Å²) in [7, 11) is 0. The fourth-order valence-corrected chi connectivity index (χ4v) is 1.40. The van der Waals surface area contributed by atoms with Gasteiger partial charge in [-0.15, -0.1) is 0 Å². The zero-order valence-corrected chi connectivity index (χ0v) is 13.0. The molecule has 0 bridgehead atoms. The van der Waals surface area contributed by atoms with Crippen molar-refractivity contribution in [3.8, 4) is 0 Å². The van der Waals surface area contributed by atoms with Gasteiger partial charge in [-0.1, -0.05) is 0 Å². The number of hydrogen-bond donors (Lipinski definition) is 2. The van der Waals surface area contributed by atoms with Crippen molar-refractivity contribution < 1.29 is 9.53 Å². The molecule has 6 nitrogen and oxygen atoms in total. The summed E-state index contributed by atoms with van der Waals surface area (Å²) in [4.78, 5) is 19.5. The maximum Gasteiger partial charge on any atom is 0.407 e. The van der Waals surface area contributed by atoms with Gasteiger partial charge in [-0.2, -0.15) is 0 Å². The fraction of sp³-hybridized carbons (Fsp3) is 0.583. The number of alkyl carbamates (subject to hydrolysis) is 1. The lowest BCUT2D eigenvalue weighted by atomic mass is 10.2. The van der Waals surface area contributed by atoms with Gasteiger partial charge in [0.15, 0.2) is 0 Å². The molecule has 0 radical (unpaired) electrons. The van der Waals surface area contributed by atoms with Crippen LogP contribution in [0.3, 0.4) is 0 Å². The SMILES string of the molecule is CC(C)(C)OC(=O)NCCCNc1ncc(Br)cn1. The lowest BCUT2D eigenvalue weighted by Crippen LogP contribution is -2.33. The minimum atomic E-state index is -0.465. The molecule has 1 aromatic rings. The van der Waals surface area contributed by atoms with Crippen LogP contribution >= 0.6 is 15.9 Å². The maximum absolute atomic E-state index is 11.3. The van der Waals surface area contributed by atoms with E-state index in [1.165, 1.54) is 0 Å². The van der Waals surface area contributed by atoms with E-state index in [1.807, 2.05) is 20.8 Å². The van der Waals surface area contributed by atoms with Gasteiger partial charge in [0.1, 0.15) is 5.60 Å². The Balaban J connectivity index is 2.11. The monoisotopic (exact) mass is 330 g/mol. The Bertz CT molecular complexity index is 403. The van der Waals surface area contributed by atoms with E-state index in [1.54, 1.807) is 12.4 Å². The third-order valence-electron chi connectivity index (χ3n) is 1.93. The molecule has 106 valence electrons. The smallest absolute Gasteiger partial charge is 0.407 e. The molecule has 0 aromatic carbocycles. The first-order valence-corrected chi connectivity index (χ1v) is 6.84. The summed E-state index contributed by atoms with van der Waals surface area (Å²) >= 11 is 3.26. The molecule has 19 heavy (non-hydrogen) atoms. The quantitative estimate of drug-likeness (QED) is 0.811. The highest BCUT2D eigenvalue weighted by Gasteiger charge is 2.15. The van der Waals surface area contributed by atoms with Gasteiger partial charge in [0.25, 0.3) is 0 Å². The van der Waals surface area contributed by atoms with E-state index < -0.39 is 11.7 Å². The van der Waals surface area contributed by atoms with E-state index in [4.69, 9.17) is 4.74 Å². The molecule has 0 aliphatic rings. The van der Waals surface area contributed by atoms with Gasteiger partial charge in [-0.25, -0.2) is 14.8 Å². The molecule has 0 aliphatic heterocycles. The van der Waals surface area contributed by atoms with Gasteiger partial charge < -0.3 is 15.4 Å². The Kier molecular flexibility index (Phi) is 6.01. The first kappa shape index (κ1) is 15.7. The van der Waals surface area contributed by atoms with Crippen LogP contribution in [0.15, 0.2) is 16.9 Å². The van der Waals surface area contributed by atoms with E-state index in [-0.39, 0.29) is 0 Å². The summed E-state index contributed by atoms with van der Waals surface area (Å²) in [6.07, 6.45) is 3.72. The Hall–Kier alpha value is -1.37. The molecule has 1 amide bonds. The number of hydrogen-bond acceptors (Lipinski definition) is 5. The molecule has 1 rings (SSSR count). The van der Waals surface area contributed by atoms with Crippen molar-refractivity contribution in [2.24, 2.45) is 0 Å². The number of amides is 1. The van der Waals surface area contributed by atoms with Gasteiger partial charge in [-0.05, 0) is 43.1 Å². The highest BCUT2D eigenvalue weighted by atomic mass is 79.9. The van der Waals surface area contributed by atoms with Crippen molar-refractivity contribution in [3.63, 3.8) is 0 Å². The summed E-state index contributed by atoms with van der Waals surface area (Å²) in [6.45, 7) is 6.72. The third kappa shape index (κ3) is 7.61. The number of rotatable bonds is 5. The summed E-state index contributed by atoms with van der Waals surface area (Å²) in [5, 5.41) is 5.74. The van der Waals surface area contributed by atoms with Crippen LogP contribution in [-0.4, -0.2) is 34.8 Å². The van der Waals surface area contributed by atoms with Gasteiger partial charge in [0.2, 0.25) is 5.95 Å². The molecule has 0 unspecified atom stereocenters. The second-order valence-electron chi connectivity index (χ2n) is 4.93. The van der Waals surface area contributed by atoms with Gasteiger partial charge in [0, 0.05) is 25.5 Å². The molecule has 0 aliphatic carbocycles. The second-order valence-corrected chi connectivity index (χ2v) is 5.85. The number of carbonyl (C=O) groups is 1. The summed E-state index contributed by atoms with van der Waals surface area (Å²) in [6, 6.07) is 0. The summed E-state index contributed by atoms with van der Waals surface area (Å²) < 4.78 is 5.95. The lowest BCUT2D eigenvalue weighted by Gasteiger charge is -2.19. The minimum Gasteiger partial charge on any atom is -0.444 e. The number of ether oxygens (including phenoxy) is 1. The van der Waals surface area contributed by atoms with Crippen molar-refractivity contribution in [2.75, 3.05) is 18.4 Å². The zero-order chi connectivity index (χ0) is 14.3. The van der Waals surface area contributed by atoms with Gasteiger partial charge in [0.05, 0.1) is 4.47 Å². The topological polar surface area (TPSA) is 76.1 Å². The molecular weight excluding hydrogens is 312 g/mol. The molecule has 0 fully saturated rings. The van der Waals surface area contributed by atoms with E-state index in [2.05, 4.69) is 36.5 Å². The molecule has 1 aromatic heterocycles. The number of anilines is 1. The minimum absolute atomic E-state index is 0.396.